The largest absolute Gasteiger partial charge is 0.433 e. The second-order valence-electron chi connectivity index (χ2n) is 6.53. The Morgan fingerprint density at radius 2 is 1.96 bits per heavy atom. The molecule has 6 nitrogen and oxygen atoms in total. The van der Waals surface area contributed by atoms with E-state index in [1.54, 1.807) is 30.7 Å². The number of nitrogens with one attached hydrogen (secondary N) is 1. The molecule has 0 saturated heterocycles. The minimum absolute atomic E-state index is 0.226. The van der Waals surface area contributed by atoms with Crippen LogP contribution in [0, 0.1) is 0 Å². The number of carbonyl (C=O) groups is 1. The maximum absolute atomic E-state index is 12.9. The van der Waals surface area contributed by atoms with Gasteiger partial charge in [0.15, 0.2) is 0 Å². The molecule has 4 rings (SSSR count). The lowest BCUT2D eigenvalue weighted by Gasteiger charge is -2.22. The summed E-state index contributed by atoms with van der Waals surface area (Å²) in [4.78, 5) is 19.7. The number of aromatic nitrogens is 4. The van der Waals surface area contributed by atoms with Crippen LogP contribution in [0.5, 0.6) is 0 Å². The highest BCUT2D eigenvalue weighted by Gasteiger charge is 2.33. The molecule has 0 spiro atoms. The number of alkyl halides is 3. The smallest absolute Gasteiger partial charge is 0.345 e. The first kappa shape index (κ1) is 18.1. The van der Waals surface area contributed by atoms with Crippen molar-refractivity contribution in [2.24, 2.45) is 0 Å². The molecular formula is C19H16F3N5O. The van der Waals surface area contributed by atoms with Crippen molar-refractivity contribution in [1.82, 2.24) is 25.1 Å². The van der Waals surface area contributed by atoms with Gasteiger partial charge in [0.05, 0.1) is 17.4 Å². The molecule has 1 unspecified atom stereocenters. The monoisotopic (exact) mass is 387 g/mol. The number of aryl methyl sites for hydroxylation is 1. The normalized spacial score (nSPS) is 16.5. The van der Waals surface area contributed by atoms with Gasteiger partial charge in [-0.3, -0.25) is 14.8 Å². The summed E-state index contributed by atoms with van der Waals surface area (Å²) in [5.41, 5.74) is 1.39. The number of fused-ring (bicyclic) bond motifs is 1. The fraction of sp³-hybridized carbons (Fsp3) is 0.263. The molecule has 3 aromatic heterocycles. The number of amides is 1. The third kappa shape index (κ3) is 3.60. The molecule has 1 amide bonds. The van der Waals surface area contributed by atoms with Crippen LogP contribution in [0.4, 0.5) is 13.2 Å². The van der Waals surface area contributed by atoms with Crippen LogP contribution in [-0.4, -0.2) is 25.7 Å². The van der Waals surface area contributed by atoms with Crippen molar-refractivity contribution in [2.45, 2.75) is 31.5 Å². The molecule has 0 fully saturated rings. The van der Waals surface area contributed by atoms with E-state index < -0.39 is 11.9 Å². The lowest BCUT2D eigenvalue weighted by molar-refractivity contribution is -0.141. The molecule has 1 aliphatic rings. The number of carbonyl (C=O) groups excluding carboxylic acids is 1. The van der Waals surface area contributed by atoms with Crippen molar-refractivity contribution >= 4 is 5.91 Å². The zero-order chi connectivity index (χ0) is 19.7. The lowest BCUT2D eigenvalue weighted by Crippen LogP contribution is -2.30. The van der Waals surface area contributed by atoms with Crippen LogP contribution in [0.3, 0.4) is 0 Å². The van der Waals surface area contributed by atoms with Gasteiger partial charge in [-0.05, 0) is 43.5 Å². The molecule has 0 radical (unpaired) electrons. The van der Waals surface area contributed by atoms with Crippen LogP contribution >= 0.6 is 0 Å². The van der Waals surface area contributed by atoms with Crippen LogP contribution in [-0.2, 0) is 12.6 Å². The number of rotatable bonds is 3. The average molecular weight is 387 g/mol. The first-order chi connectivity index (χ1) is 13.4. The molecule has 1 atom stereocenters. The van der Waals surface area contributed by atoms with Crippen molar-refractivity contribution in [3.8, 4) is 5.69 Å². The van der Waals surface area contributed by atoms with E-state index in [-0.39, 0.29) is 17.6 Å². The molecule has 0 aliphatic heterocycles. The zero-order valence-corrected chi connectivity index (χ0v) is 14.6. The number of nitrogens with zero attached hydrogens (tertiary/aromatic N) is 4. The summed E-state index contributed by atoms with van der Waals surface area (Å²) in [5, 5.41) is 7.41. The van der Waals surface area contributed by atoms with Crippen molar-refractivity contribution in [1.29, 1.82) is 0 Å². The van der Waals surface area contributed by atoms with Crippen molar-refractivity contribution in [3.63, 3.8) is 0 Å². The van der Waals surface area contributed by atoms with Gasteiger partial charge in [-0.2, -0.15) is 18.3 Å². The third-order valence-corrected chi connectivity index (χ3v) is 4.65. The van der Waals surface area contributed by atoms with E-state index in [1.165, 1.54) is 10.7 Å². The molecule has 144 valence electrons. The predicted octanol–water partition coefficient (Wildman–Crippen LogP) is 3.49. The maximum atomic E-state index is 12.9. The Morgan fingerprint density at radius 1 is 1.18 bits per heavy atom. The van der Waals surface area contributed by atoms with Gasteiger partial charge >= 0.3 is 6.18 Å². The molecule has 1 N–H and O–H groups in total. The molecule has 3 heterocycles. The summed E-state index contributed by atoms with van der Waals surface area (Å²) in [6.45, 7) is 0. The van der Waals surface area contributed by atoms with Gasteiger partial charge in [-0.25, -0.2) is 4.68 Å². The molecule has 3 aromatic rings. The fourth-order valence-corrected chi connectivity index (χ4v) is 3.28. The molecule has 28 heavy (non-hydrogen) atoms. The average Bonchev–Trinajstić information content (AvgIpc) is 3.13. The highest BCUT2D eigenvalue weighted by molar-refractivity contribution is 5.94. The Morgan fingerprint density at radius 3 is 2.71 bits per heavy atom. The Balaban J connectivity index is 1.61. The summed E-state index contributed by atoms with van der Waals surface area (Å²) >= 11 is 0. The van der Waals surface area contributed by atoms with Gasteiger partial charge in [-0.1, -0.05) is 0 Å². The van der Waals surface area contributed by atoms with Crippen LogP contribution in [0.1, 0.15) is 46.2 Å². The van der Waals surface area contributed by atoms with Crippen molar-refractivity contribution in [2.75, 3.05) is 0 Å². The third-order valence-electron chi connectivity index (χ3n) is 4.65. The fourth-order valence-electron chi connectivity index (χ4n) is 3.28. The van der Waals surface area contributed by atoms with Gasteiger partial charge in [0, 0.05) is 35.9 Å². The number of hydrogen-bond donors (Lipinski definition) is 1. The summed E-state index contributed by atoms with van der Waals surface area (Å²) < 4.78 is 40.2. The van der Waals surface area contributed by atoms with Gasteiger partial charge in [0.1, 0.15) is 5.69 Å². The molecule has 0 saturated carbocycles. The summed E-state index contributed by atoms with van der Waals surface area (Å²) in [6, 6.07) is 5.43. The minimum Gasteiger partial charge on any atom is -0.345 e. The molecule has 0 aromatic carbocycles. The van der Waals surface area contributed by atoms with E-state index in [0.29, 0.717) is 12.0 Å². The van der Waals surface area contributed by atoms with E-state index in [0.717, 1.165) is 36.4 Å². The van der Waals surface area contributed by atoms with Crippen LogP contribution in [0.15, 0.2) is 49.1 Å². The number of halogens is 3. The lowest BCUT2D eigenvalue weighted by atomic mass is 9.93. The van der Waals surface area contributed by atoms with E-state index >= 15 is 0 Å². The Labute approximate surface area is 158 Å². The van der Waals surface area contributed by atoms with Gasteiger partial charge in [0.25, 0.3) is 5.91 Å². The first-order valence-corrected chi connectivity index (χ1v) is 8.75. The Bertz CT molecular complexity index is 1000. The highest BCUT2D eigenvalue weighted by atomic mass is 19.4. The topological polar surface area (TPSA) is 72.7 Å². The van der Waals surface area contributed by atoms with Crippen molar-refractivity contribution < 1.29 is 18.0 Å². The van der Waals surface area contributed by atoms with Crippen LogP contribution in [0.25, 0.3) is 5.69 Å². The van der Waals surface area contributed by atoms with E-state index in [2.05, 4.69) is 20.4 Å². The Hall–Kier alpha value is -3.23. The predicted molar refractivity (Wildman–Crippen MR) is 93.7 cm³/mol. The first-order valence-electron chi connectivity index (χ1n) is 8.75. The number of pyridine rings is 2. The molecule has 1 aliphatic carbocycles. The maximum Gasteiger partial charge on any atom is 0.433 e. The Kier molecular flexibility index (Phi) is 4.58. The molecule has 9 heteroatoms. The SMILES string of the molecule is O=C(NC1CCCc2nn(-c3ccnc(C(F)(F)F)c3)cc21)c1ccncc1. The summed E-state index contributed by atoms with van der Waals surface area (Å²) in [7, 11) is 0. The van der Waals surface area contributed by atoms with Crippen LogP contribution in [0.2, 0.25) is 0 Å². The number of hydrogen-bond acceptors (Lipinski definition) is 4. The summed E-state index contributed by atoms with van der Waals surface area (Å²) in [5.74, 6) is -0.226. The second kappa shape index (κ2) is 7.06. The van der Waals surface area contributed by atoms with E-state index in [9.17, 15) is 18.0 Å². The quantitative estimate of drug-likeness (QED) is 0.747. The van der Waals surface area contributed by atoms with Crippen LogP contribution < -0.4 is 5.32 Å². The summed E-state index contributed by atoms with van der Waals surface area (Å²) in [6.07, 6.45) is 3.63. The molecular weight excluding hydrogens is 371 g/mol. The highest BCUT2D eigenvalue weighted by Crippen LogP contribution is 2.32. The van der Waals surface area contributed by atoms with E-state index in [1.807, 2.05) is 0 Å². The minimum atomic E-state index is -4.52. The standard InChI is InChI=1S/C19H16F3N5O/c20-19(21,22)17-10-13(6-9-24-17)27-11-14-15(2-1-3-16(14)26-27)25-18(28)12-4-7-23-8-5-12/h4-11,15H,1-3H2,(H,25,28). The van der Waals surface area contributed by atoms with Crippen molar-refractivity contribution in [3.05, 3.63) is 71.6 Å². The van der Waals surface area contributed by atoms with E-state index in [4.69, 9.17) is 0 Å². The van der Waals surface area contributed by atoms with Gasteiger partial charge in [0.2, 0.25) is 0 Å². The second-order valence-corrected chi connectivity index (χ2v) is 6.53. The van der Waals surface area contributed by atoms with Gasteiger partial charge < -0.3 is 5.32 Å². The molecule has 0 bridgehead atoms. The van der Waals surface area contributed by atoms with Gasteiger partial charge in [-0.15, -0.1) is 0 Å². The zero-order valence-electron chi connectivity index (χ0n) is 14.6.